The van der Waals surface area contributed by atoms with E-state index in [4.69, 9.17) is 9.47 Å². The second kappa shape index (κ2) is 8.01. The summed E-state index contributed by atoms with van der Waals surface area (Å²) in [5.41, 5.74) is 0.749. The smallest absolute Gasteiger partial charge is 0.339 e. The summed E-state index contributed by atoms with van der Waals surface area (Å²) in [5.74, 6) is -0.470. The average Bonchev–Trinajstić information content (AvgIpc) is 2.56. The number of carbonyl (C=O) groups excluding carboxylic acids is 2. The van der Waals surface area contributed by atoms with Crippen molar-refractivity contribution in [2.24, 2.45) is 0 Å². The number of amides is 1. The zero-order valence-electron chi connectivity index (χ0n) is 13.5. The van der Waals surface area contributed by atoms with Crippen molar-refractivity contribution in [1.29, 1.82) is 0 Å². The van der Waals surface area contributed by atoms with E-state index in [0.717, 1.165) is 0 Å². The third-order valence-electron chi connectivity index (χ3n) is 3.17. The van der Waals surface area contributed by atoms with Crippen LogP contribution in [0.4, 0.5) is 5.69 Å². The molecule has 0 saturated carbocycles. The third kappa shape index (κ3) is 4.74. The molecule has 1 unspecified atom stereocenters. The van der Waals surface area contributed by atoms with Gasteiger partial charge in [0.25, 0.3) is 5.91 Å². The summed E-state index contributed by atoms with van der Waals surface area (Å²) in [6.45, 7) is 3.93. The molecule has 2 aromatic carbocycles. The first-order valence-electron chi connectivity index (χ1n) is 7.53. The van der Waals surface area contributed by atoms with Gasteiger partial charge in [-0.3, -0.25) is 4.79 Å². The van der Waals surface area contributed by atoms with Crippen molar-refractivity contribution in [1.82, 2.24) is 0 Å². The van der Waals surface area contributed by atoms with Gasteiger partial charge in [0, 0.05) is 5.69 Å². The van der Waals surface area contributed by atoms with Crippen LogP contribution in [0.2, 0.25) is 0 Å². The van der Waals surface area contributed by atoms with E-state index < -0.39 is 18.0 Å². The first kappa shape index (κ1) is 17.3. The first-order valence-corrected chi connectivity index (χ1v) is 7.53. The molecule has 0 aliphatic carbocycles. The third-order valence-corrected chi connectivity index (χ3v) is 3.17. The zero-order valence-corrected chi connectivity index (χ0v) is 13.5. The minimum absolute atomic E-state index is 0.0454. The van der Waals surface area contributed by atoms with Crippen LogP contribution in [-0.4, -0.2) is 29.7 Å². The van der Waals surface area contributed by atoms with Crippen molar-refractivity contribution in [3.05, 3.63) is 54.1 Å². The summed E-state index contributed by atoms with van der Waals surface area (Å²) in [7, 11) is 0. The van der Waals surface area contributed by atoms with E-state index in [2.05, 4.69) is 5.32 Å². The number of phenolic OH excluding ortho intramolecular Hbond substituents is 1. The van der Waals surface area contributed by atoms with Gasteiger partial charge < -0.3 is 19.9 Å². The van der Waals surface area contributed by atoms with Crippen LogP contribution in [0.1, 0.15) is 24.2 Å². The van der Waals surface area contributed by atoms with E-state index >= 15 is 0 Å². The molecule has 0 aliphatic heterocycles. The summed E-state index contributed by atoms with van der Waals surface area (Å²) in [6.07, 6.45) is -0.980. The Morgan fingerprint density at radius 2 is 1.88 bits per heavy atom. The molecule has 1 amide bonds. The van der Waals surface area contributed by atoms with Gasteiger partial charge in [-0.15, -0.1) is 0 Å². The summed E-state index contributed by atoms with van der Waals surface area (Å²) in [5, 5.41) is 12.0. The molecule has 6 heteroatoms. The van der Waals surface area contributed by atoms with E-state index in [9.17, 15) is 14.7 Å². The van der Waals surface area contributed by atoms with Crippen molar-refractivity contribution >= 4 is 17.6 Å². The van der Waals surface area contributed by atoms with E-state index in [1.54, 1.807) is 24.3 Å². The number of ether oxygens (including phenoxy) is 2. The Kier molecular flexibility index (Phi) is 5.78. The second-order valence-electron chi connectivity index (χ2n) is 5.04. The highest BCUT2D eigenvalue weighted by Gasteiger charge is 2.19. The molecular weight excluding hydrogens is 310 g/mol. The van der Waals surface area contributed by atoms with Crippen molar-refractivity contribution in [3.63, 3.8) is 0 Å². The molecule has 0 radical (unpaired) electrons. The topological polar surface area (TPSA) is 84.9 Å². The lowest BCUT2D eigenvalue weighted by molar-refractivity contribution is -0.123. The van der Waals surface area contributed by atoms with Crippen molar-refractivity contribution in [2.45, 2.75) is 20.0 Å². The standard InChI is InChI=1S/C18H19NO5/c1-3-23-16-9-7-14(8-10-16)19-17(21)12(2)24-18(22)13-5-4-6-15(20)11-13/h4-12,20H,3H2,1-2H3,(H,19,21). The Morgan fingerprint density at radius 3 is 2.50 bits per heavy atom. The highest BCUT2D eigenvalue weighted by atomic mass is 16.5. The molecule has 0 fully saturated rings. The average molecular weight is 329 g/mol. The molecule has 2 aromatic rings. The second-order valence-corrected chi connectivity index (χ2v) is 5.04. The lowest BCUT2D eigenvalue weighted by Gasteiger charge is -2.14. The zero-order chi connectivity index (χ0) is 17.5. The number of rotatable bonds is 6. The van der Waals surface area contributed by atoms with Crippen LogP contribution >= 0.6 is 0 Å². The summed E-state index contributed by atoms with van der Waals surface area (Å²) >= 11 is 0. The van der Waals surface area contributed by atoms with Crippen molar-refractivity contribution in [3.8, 4) is 11.5 Å². The fourth-order valence-corrected chi connectivity index (χ4v) is 1.96. The molecule has 0 heterocycles. The molecule has 2 rings (SSSR count). The number of nitrogens with one attached hydrogen (secondary N) is 1. The lowest BCUT2D eigenvalue weighted by atomic mass is 10.2. The lowest BCUT2D eigenvalue weighted by Crippen LogP contribution is -2.29. The SMILES string of the molecule is CCOc1ccc(NC(=O)C(C)OC(=O)c2cccc(O)c2)cc1. The van der Waals surface area contributed by atoms with Crippen LogP contribution in [0.15, 0.2) is 48.5 Å². The van der Waals surface area contributed by atoms with E-state index in [1.165, 1.54) is 31.2 Å². The van der Waals surface area contributed by atoms with Gasteiger partial charge in [0.1, 0.15) is 11.5 Å². The van der Waals surface area contributed by atoms with Crippen molar-refractivity contribution < 1.29 is 24.2 Å². The Bertz CT molecular complexity index is 712. The largest absolute Gasteiger partial charge is 0.508 e. The van der Waals surface area contributed by atoms with Gasteiger partial charge in [-0.2, -0.15) is 0 Å². The highest BCUT2D eigenvalue weighted by Crippen LogP contribution is 2.17. The Balaban J connectivity index is 1.93. The predicted molar refractivity (Wildman–Crippen MR) is 89.2 cm³/mol. The maximum atomic E-state index is 12.1. The molecule has 2 N–H and O–H groups in total. The maximum Gasteiger partial charge on any atom is 0.339 e. The molecule has 6 nitrogen and oxygen atoms in total. The minimum Gasteiger partial charge on any atom is -0.508 e. The monoisotopic (exact) mass is 329 g/mol. The van der Waals surface area contributed by atoms with Crippen LogP contribution in [-0.2, 0) is 9.53 Å². The summed E-state index contributed by atoms with van der Waals surface area (Å²) in [6, 6.07) is 12.6. The van der Waals surface area contributed by atoms with Gasteiger partial charge >= 0.3 is 5.97 Å². The number of aromatic hydroxyl groups is 1. The molecule has 0 spiro atoms. The van der Waals surface area contributed by atoms with E-state index in [0.29, 0.717) is 18.0 Å². The Morgan fingerprint density at radius 1 is 1.17 bits per heavy atom. The van der Waals surface area contributed by atoms with Gasteiger partial charge in [0.05, 0.1) is 12.2 Å². The fraction of sp³-hybridized carbons (Fsp3) is 0.222. The van der Waals surface area contributed by atoms with Gasteiger partial charge in [-0.05, 0) is 56.3 Å². The van der Waals surface area contributed by atoms with E-state index in [-0.39, 0.29) is 11.3 Å². The quantitative estimate of drug-likeness (QED) is 0.796. The van der Waals surface area contributed by atoms with Crippen LogP contribution in [0, 0.1) is 0 Å². The maximum absolute atomic E-state index is 12.1. The number of phenols is 1. The van der Waals surface area contributed by atoms with Crippen molar-refractivity contribution in [2.75, 3.05) is 11.9 Å². The van der Waals surface area contributed by atoms with Gasteiger partial charge in [0.15, 0.2) is 6.10 Å². The fourth-order valence-electron chi connectivity index (χ4n) is 1.96. The van der Waals surface area contributed by atoms with E-state index in [1.807, 2.05) is 6.92 Å². The summed E-state index contributed by atoms with van der Waals surface area (Å²) in [4.78, 5) is 24.0. The van der Waals surface area contributed by atoms with Crippen LogP contribution < -0.4 is 10.1 Å². The molecular formula is C18H19NO5. The van der Waals surface area contributed by atoms with Gasteiger partial charge in [0.2, 0.25) is 0 Å². The molecule has 0 aliphatic rings. The number of hydrogen-bond acceptors (Lipinski definition) is 5. The Labute approximate surface area is 140 Å². The van der Waals surface area contributed by atoms with Gasteiger partial charge in [-0.1, -0.05) is 6.07 Å². The molecule has 0 bridgehead atoms. The molecule has 126 valence electrons. The number of carbonyl (C=O) groups is 2. The Hall–Kier alpha value is -3.02. The van der Waals surface area contributed by atoms with Crippen LogP contribution in [0.25, 0.3) is 0 Å². The number of benzene rings is 2. The van der Waals surface area contributed by atoms with Crippen LogP contribution in [0.5, 0.6) is 11.5 Å². The molecule has 24 heavy (non-hydrogen) atoms. The molecule has 0 saturated heterocycles. The number of anilines is 1. The number of esters is 1. The normalized spacial score (nSPS) is 11.4. The summed E-state index contributed by atoms with van der Waals surface area (Å²) < 4.78 is 10.4. The highest BCUT2D eigenvalue weighted by molar-refractivity contribution is 5.97. The van der Waals surface area contributed by atoms with Gasteiger partial charge in [-0.25, -0.2) is 4.79 Å². The predicted octanol–water partition coefficient (Wildman–Crippen LogP) is 2.97. The molecule has 0 aromatic heterocycles. The first-order chi connectivity index (χ1) is 11.5. The minimum atomic E-state index is -0.980. The number of hydrogen-bond donors (Lipinski definition) is 2. The van der Waals surface area contributed by atoms with Crippen LogP contribution in [0.3, 0.4) is 0 Å². The molecule has 1 atom stereocenters.